The van der Waals surface area contributed by atoms with Crippen molar-refractivity contribution in [3.8, 4) is 0 Å². The van der Waals surface area contributed by atoms with Gasteiger partial charge in [0.25, 0.3) is 16.0 Å². The molecule has 0 aromatic heterocycles. The van der Waals surface area contributed by atoms with E-state index in [1.807, 2.05) is 0 Å². The maximum Gasteiger partial charge on any atom is 0.289 e. The highest BCUT2D eigenvalue weighted by Crippen LogP contribution is 1.92. The first kappa shape index (κ1) is 10.7. The van der Waals surface area contributed by atoms with Crippen LogP contribution in [-0.4, -0.2) is 27.3 Å². The summed E-state index contributed by atoms with van der Waals surface area (Å²) in [5.41, 5.74) is 7.96. The van der Waals surface area contributed by atoms with Crippen molar-refractivity contribution >= 4 is 16.0 Å². The molecule has 8 heteroatoms. The van der Waals surface area contributed by atoms with E-state index in [4.69, 9.17) is 5.53 Å². The van der Waals surface area contributed by atoms with Gasteiger partial charge in [-0.05, 0) is 17.6 Å². The van der Waals surface area contributed by atoms with Gasteiger partial charge in [-0.2, -0.15) is 0 Å². The summed E-state index contributed by atoms with van der Waals surface area (Å²) >= 11 is 0. The maximum absolute atomic E-state index is 10.5. The van der Waals surface area contributed by atoms with E-state index in [1.165, 1.54) is 0 Å². The van der Waals surface area contributed by atoms with Crippen LogP contribution in [-0.2, 0) is 14.8 Å². The molecule has 0 amide bonds. The fourth-order valence-corrected chi connectivity index (χ4v) is 0.756. The molecule has 12 heavy (non-hydrogen) atoms. The molecule has 68 valence electrons. The zero-order chi connectivity index (χ0) is 9.61. The van der Waals surface area contributed by atoms with E-state index in [0.29, 0.717) is 0 Å². The zero-order valence-corrected chi connectivity index (χ0v) is 7.45. The molecule has 0 aliphatic rings. The fourth-order valence-electron chi connectivity index (χ4n) is 0.383. The maximum atomic E-state index is 10.5. The summed E-state index contributed by atoms with van der Waals surface area (Å²) in [4.78, 5) is 2.34. The fraction of sp³-hybridized carbons (Fsp3) is 0.750. The van der Waals surface area contributed by atoms with Gasteiger partial charge < -0.3 is 4.74 Å². The smallest absolute Gasteiger partial charge is 0.289 e. The SMILES string of the molecule is CCO/C(N=[N+]=[N-])=N/S(C)(=O)=O. The Hall–Kier alpha value is -1.27. The first-order chi connectivity index (χ1) is 5.49. The van der Waals surface area contributed by atoms with Crippen LogP contribution < -0.4 is 0 Å². The molecule has 0 aromatic carbocycles. The molecule has 0 bridgehead atoms. The van der Waals surface area contributed by atoms with Crippen molar-refractivity contribution in [1.82, 2.24) is 0 Å². The molecule has 0 spiro atoms. The monoisotopic (exact) mass is 192 g/mol. The molecule has 0 fully saturated rings. The van der Waals surface area contributed by atoms with Crippen molar-refractivity contribution in [2.75, 3.05) is 12.9 Å². The van der Waals surface area contributed by atoms with Gasteiger partial charge in [0.15, 0.2) is 0 Å². The Morgan fingerprint density at radius 2 is 2.25 bits per heavy atom. The van der Waals surface area contributed by atoms with Crippen molar-refractivity contribution in [2.45, 2.75) is 6.92 Å². The van der Waals surface area contributed by atoms with Crippen molar-refractivity contribution in [1.29, 1.82) is 0 Å². The third-order valence-corrected chi connectivity index (χ3v) is 1.14. The van der Waals surface area contributed by atoms with Gasteiger partial charge in [-0.15, -0.1) is 4.40 Å². The molecule has 0 saturated carbocycles. The van der Waals surface area contributed by atoms with Gasteiger partial charge in [0.1, 0.15) is 0 Å². The second kappa shape index (κ2) is 4.58. The van der Waals surface area contributed by atoms with Crippen molar-refractivity contribution < 1.29 is 13.2 Å². The predicted molar refractivity (Wildman–Crippen MR) is 43.1 cm³/mol. The summed E-state index contributed by atoms with van der Waals surface area (Å²) in [5.74, 6) is 0. The highest BCUT2D eigenvalue weighted by atomic mass is 32.2. The summed E-state index contributed by atoms with van der Waals surface area (Å²) in [6, 6.07) is -0.484. The number of hydrogen-bond donors (Lipinski definition) is 0. The first-order valence-corrected chi connectivity index (χ1v) is 4.82. The van der Waals surface area contributed by atoms with Crippen LogP contribution >= 0.6 is 0 Å². The lowest BCUT2D eigenvalue weighted by Gasteiger charge is -1.97. The molecule has 0 N–H and O–H groups in total. The highest BCUT2D eigenvalue weighted by Gasteiger charge is 2.01. The number of hydrogen-bond acceptors (Lipinski definition) is 3. The van der Waals surface area contributed by atoms with Gasteiger partial charge in [0, 0.05) is 4.91 Å². The van der Waals surface area contributed by atoms with Gasteiger partial charge in [-0.1, -0.05) is 0 Å². The van der Waals surface area contributed by atoms with Crippen molar-refractivity contribution in [2.24, 2.45) is 9.51 Å². The van der Waals surface area contributed by atoms with E-state index in [-0.39, 0.29) is 6.61 Å². The molecule has 0 atom stereocenters. The minimum atomic E-state index is -3.57. The topological polar surface area (TPSA) is 104 Å². The van der Waals surface area contributed by atoms with Gasteiger partial charge in [-0.3, -0.25) is 0 Å². The Bertz CT molecular complexity index is 313. The normalized spacial score (nSPS) is 12.0. The van der Waals surface area contributed by atoms with Crippen molar-refractivity contribution in [3.05, 3.63) is 10.4 Å². The number of sulfonamides is 1. The van der Waals surface area contributed by atoms with Crippen LogP contribution in [0.4, 0.5) is 0 Å². The summed E-state index contributed by atoms with van der Waals surface area (Å²) < 4.78 is 28.7. The van der Waals surface area contributed by atoms with Crippen LogP contribution in [0.25, 0.3) is 10.4 Å². The van der Waals surface area contributed by atoms with Crippen molar-refractivity contribution in [3.63, 3.8) is 0 Å². The minimum Gasteiger partial charge on any atom is -0.476 e. The van der Waals surface area contributed by atoms with Crippen LogP contribution in [0.15, 0.2) is 9.51 Å². The molecule has 0 aliphatic carbocycles. The Labute approximate surface area is 69.7 Å². The molecule has 0 unspecified atom stereocenters. The quantitative estimate of drug-likeness (QED) is 0.211. The van der Waals surface area contributed by atoms with Gasteiger partial charge >= 0.3 is 0 Å². The molecule has 7 nitrogen and oxygen atoms in total. The minimum absolute atomic E-state index is 0.188. The van der Waals surface area contributed by atoms with Crippen LogP contribution in [0.3, 0.4) is 0 Å². The molecule has 0 rings (SSSR count). The number of rotatable bonds is 2. The standard InChI is InChI=1S/C4H8N4O3S/c1-3-11-4(6-8-5)7-12(2,9)10/h3H2,1-2H3/b7-4+. The highest BCUT2D eigenvalue weighted by molar-refractivity contribution is 7.89. The lowest BCUT2D eigenvalue weighted by Crippen LogP contribution is -2.04. The molecule has 0 saturated heterocycles. The number of ether oxygens (including phenoxy) is 1. The Morgan fingerprint density at radius 1 is 1.67 bits per heavy atom. The van der Waals surface area contributed by atoms with Gasteiger partial charge in [0.2, 0.25) is 0 Å². The average molecular weight is 192 g/mol. The van der Waals surface area contributed by atoms with E-state index in [1.54, 1.807) is 6.92 Å². The molecular weight excluding hydrogens is 184 g/mol. The summed E-state index contributed by atoms with van der Waals surface area (Å²) in [6.07, 6.45) is 0.874. The Balaban J connectivity index is 4.73. The van der Waals surface area contributed by atoms with Crippen LogP contribution in [0.1, 0.15) is 6.92 Å². The second-order valence-corrected chi connectivity index (χ2v) is 3.38. The lowest BCUT2D eigenvalue weighted by molar-refractivity contribution is 0.323. The number of nitrogens with zero attached hydrogens (tertiary/aromatic N) is 4. The number of amidine groups is 1. The predicted octanol–water partition coefficient (Wildman–Crippen LogP) is 0.649. The number of azide groups is 1. The summed E-state index contributed by atoms with van der Waals surface area (Å²) in [5, 5.41) is 2.93. The van der Waals surface area contributed by atoms with E-state index in [2.05, 4.69) is 19.2 Å². The van der Waals surface area contributed by atoms with Crippen LogP contribution in [0.2, 0.25) is 0 Å². The zero-order valence-electron chi connectivity index (χ0n) is 6.63. The molecule has 0 radical (unpaired) electrons. The van der Waals surface area contributed by atoms with E-state index in [0.717, 1.165) is 6.26 Å². The average Bonchev–Trinajstić information content (AvgIpc) is 1.84. The van der Waals surface area contributed by atoms with Gasteiger partial charge in [-0.25, -0.2) is 8.42 Å². The molecule has 0 heterocycles. The summed E-state index contributed by atoms with van der Waals surface area (Å²) in [7, 11) is -3.57. The Morgan fingerprint density at radius 3 is 2.58 bits per heavy atom. The second-order valence-electron chi connectivity index (χ2n) is 1.73. The lowest BCUT2D eigenvalue weighted by atomic mass is 10.9. The van der Waals surface area contributed by atoms with E-state index in [9.17, 15) is 8.42 Å². The van der Waals surface area contributed by atoms with Crippen LogP contribution in [0, 0.1) is 0 Å². The van der Waals surface area contributed by atoms with Crippen LogP contribution in [0.5, 0.6) is 0 Å². The molecule has 0 aromatic rings. The molecular formula is C4H8N4O3S. The van der Waals surface area contributed by atoms with E-state index >= 15 is 0 Å². The van der Waals surface area contributed by atoms with Gasteiger partial charge in [0.05, 0.1) is 12.9 Å². The van der Waals surface area contributed by atoms with E-state index < -0.39 is 16.0 Å². The molecule has 0 aliphatic heterocycles. The first-order valence-electron chi connectivity index (χ1n) is 2.97. The largest absolute Gasteiger partial charge is 0.476 e. The third-order valence-electron chi connectivity index (χ3n) is 0.648. The Kier molecular flexibility index (Phi) is 4.09. The summed E-state index contributed by atoms with van der Waals surface area (Å²) in [6.45, 7) is 1.80. The third kappa shape index (κ3) is 5.51.